The van der Waals surface area contributed by atoms with E-state index in [1.165, 1.54) is 7.11 Å². The van der Waals surface area contributed by atoms with E-state index in [9.17, 15) is 14.7 Å². The van der Waals surface area contributed by atoms with Gasteiger partial charge in [0.1, 0.15) is 11.5 Å². The summed E-state index contributed by atoms with van der Waals surface area (Å²) in [6.07, 6.45) is 4.44. The summed E-state index contributed by atoms with van der Waals surface area (Å²) in [4.78, 5) is 32.1. The molecule has 1 aliphatic heterocycles. The van der Waals surface area contributed by atoms with Gasteiger partial charge in [0.05, 0.1) is 33.6 Å². The number of Topliss-reactive ketones (excluding diaryl/α,β-unsaturated/α-hetero) is 1. The van der Waals surface area contributed by atoms with Gasteiger partial charge in [-0.05, 0) is 60.9 Å². The second kappa shape index (κ2) is 9.44. The number of fused-ring (bicyclic) bond motifs is 3. The van der Waals surface area contributed by atoms with Crippen LogP contribution < -0.4 is 9.47 Å². The number of carbonyl (C=O) groups excluding carboxylic acids is 2. The molecule has 2 aromatic carbocycles. The Labute approximate surface area is 215 Å². The van der Waals surface area contributed by atoms with Gasteiger partial charge in [-0.2, -0.15) is 0 Å². The van der Waals surface area contributed by atoms with Gasteiger partial charge in [-0.15, -0.1) is 0 Å². The van der Waals surface area contributed by atoms with Crippen molar-refractivity contribution in [3.8, 4) is 11.5 Å². The molecule has 37 heavy (non-hydrogen) atoms. The van der Waals surface area contributed by atoms with Crippen LogP contribution in [0.25, 0.3) is 16.6 Å². The van der Waals surface area contributed by atoms with Crippen molar-refractivity contribution in [3.05, 3.63) is 76.5 Å². The Kier molecular flexibility index (Phi) is 6.29. The van der Waals surface area contributed by atoms with Gasteiger partial charge in [-0.25, -0.2) is 4.79 Å². The number of aryl methyl sites for hydroxylation is 1. The fourth-order valence-corrected chi connectivity index (χ4v) is 5.41. The average Bonchev–Trinajstić information content (AvgIpc) is 3.33. The first kappa shape index (κ1) is 24.6. The van der Waals surface area contributed by atoms with Gasteiger partial charge in [-0.3, -0.25) is 4.79 Å². The van der Waals surface area contributed by atoms with E-state index in [0.717, 1.165) is 27.6 Å². The SMILES string of the molecule is COC(=O)C1(C)C(CO)=CC2=C(c3cc4cc[nH]c4cc3CCC2=O)N1Cc1ccc(OC)cc1OC. The molecule has 2 aliphatic rings. The van der Waals surface area contributed by atoms with Crippen LogP contribution in [0.2, 0.25) is 0 Å². The van der Waals surface area contributed by atoms with Gasteiger partial charge in [0.25, 0.3) is 0 Å². The first-order valence-electron chi connectivity index (χ1n) is 12.1. The Morgan fingerprint density at radius 1 is 1.11 bits per heavy atom. The predicted molar refractivity (Wildman–Crippen MR) is 139 cm³/mol. The molecule has 0 fully saturated rings. The fraction of sp³-hybridized carbons (Fsp3) is 0.310. The van der Waals surface area contributed by atoms with Gasteiger partial charge in [0, 0.05) is 52.8 Å². The van der Waals surface area contributed by atoms with Crippen LogP contribution in [0.3, 0.4) is 0 Å². The number of nitrogens with one attached hydrogen (secondary N) is 1. The van der Waals surface area contributed by atoms with Gasteiger partial charge < -0.3 is 29.2 Å². The number of allylic oxidation sites excluding steroid dienone is 2. The van der Waals surface area contributed by atoms with Crippen molar-refractivity contribution in [2.45, 2.75) is 31.8 Å². The number of ether oxygens (including phenoxy) is 3. The molecular weight excluding hydrogens is 472 g/mol. The number of aliphatic hydroxyl groups is 1. The van der Waals surface area contributed by atoms with Crippen LogP contribution in [0, 0.1) is 0 Å². The normalized spacial score (nSPS) is 19.2. The molecule has 8 nitrogen and oxygen atoms in total. The number of hydrogen-bond donors (Lipinski definition) is 2. The number of ketones is 1. The maximum Gasteiger partial charge on any atom is 0.335 e. The highest BCUT2D eigenvalue weighted by Crippen LogP contribution is 2.46. The average molecular weight is 503 g/mol. The summed E-state index contributed by atoms with van der Waals surface area (Å²) < 4.78 is 16.3. The summed E-state index contributed by atoms with van der Waals surface area (Å²) in [7, 11) is 4.48. The number of H-pyrrole nitrogens is 1. The zero-order valence-corrected chi connectivity index (χ0v) is 21.4. The van der Waals surface area contributed by atoms with Crippen molar-refractivity contribution < 1.29 is 28.9 Å². The van der Waals surface area contributed by atoms with E-state index in [4.69, 9.17) is 14.2 Å². The number of carbonyl (C=O) groups is 2. The maximum absolute atomic E-state index is 13.5. The quantitative estimate of drug-likeness (QED) is 0.495. The molecule has 0 saturated carbocycles. The Morgan fingerprint density at radius 2 is 1.92 bits per heavy atom. The zero-order chi connectivity index (χ0) is 26.3. The molecule has 5 rings (SSSR count). The Hall–Kier alpha value is -4.04. The first-order valence-corrected chi connectivity index (χ1v) is 12.1. The number of rotatable bonds is 6. The Bertz CT molecular complexity index is 1470. The third kappa shape index (κ3) is 3.88. The summed E-state index contributed by atoms with van der Waals surface area (Å²) in [6.45, 7) is 1.53. The number of methoxy groups -OCH3 is 3. The highest BCUT2D eigenvalue weighted by atomic mass is 16.5. The summed E-state index contributed by atoms with van der Waals surface area (Å²) in [6, 6.07) is 11.6. The molecule has 0 bridgehead atoms. The molecule has 1 aromatic heterocycles. The van der Waals surface area contributed by atoms with Crippen LogP contribution >= 0.6 is 0 Å². The van der Waals surface area contributed by atoms with E-state index in [1.807, 2.05) is 29.3 Å². The number of benzene rings is 2. The summed E-state index contributed by atoms with van der Waals surface area (Å²) in [5.74, 6) is 0.637. The topological polar surface area (TPSA) is 101 Å². The van der Waals surface area contributed by atoms with Crippen molar-refractivity contribution >= 4 is 28.4 Å². The molecule has 8 heteroatoms. The Morgan fingerprint density at radius 3 is 2.62 bits per heavy atom. The molecule has 192 valence electrons. The third-order valence-corrected chi connectivity index (χ3v) is 7.54. The van der Waals surface area contributed by atoms with Crippen LogP contribution in [0.1, 0.15) is 30.0 Å². The van der Waals surface area contributed by atoms with E-state index >= 15 is 0 Å². The number of aromatic nitrogens is 1. The first-order chi connectivity index (χ1) is 17.8. The molecule has 3 aromatic rings. The van der Waals surface area contributed by atoms with E-state index < -0.39 is 18.1 Å². The van der Waals surface area contributed by atoms with Crippen molar-refractivity contribution in [3.63, 3.8) is 0 Å². The highest BCUT2D eigenvalue weighted by Gasteiger charge is 2.49. The predicted octanol–water partition coefficient (Wildman–Crippen LogP) is 3.78. The Balaban J connectivity index is 1.80. The van der Waals surface area contributed by atoms with Crippen LogP contribution in [0.15, 0.2) is 59.8 Å². The lowest BCUT2D eigenvalue weighted by Crippen LogP contribution is -2.55. The van der Waals surface area contributed by atoms with E-state index in [0.29, 0.717) is 41.2 Å². The molecule has 2 N–H and O–H groups in total. The molecule has 0 amide bonds. The molecule has 0 saturated heterocycles. The summed E-state index contributed by atoms with van der Waals surface area (Å²) in [5.41, 5.74) is 3.79. The third-order valence-electron chi connectivity index (χ3n) is 7.54. The molecule has 0 spiro atoms. The van der Waals surface area contributed by atoms with E-state index in [-0.39, 0.29) is 12.3 Å². The minimum Gasteiger partial charge on any atom is -0.497 e. The van der Waals surface area contributed by atoms with Crippen LogP contribution in [0.5, 0.6) is 11.5 Å². The van der Waals surface area contributed by atoms with Crippen LogP contribution in [0.4, 0.5) is 0 Å². The fourth-order valence-electron chi connectivity index (χ4n) is 5.41. The van der Waals surface area contributed by atoms with Crippen LogP contribution in [-0.2, 0) is 27.3 Å². The van der Waals surface area contributed by atoms with Gasteiger partial charge in [0.15, 0.2) is 11.3 Å². The second-order valence-corrected chi connectivity index (χ2v) is 9.42. The van der Waals surface area contributed by atoms with E-state index in [2.05, 4.69) is 17.1 Å². The molecule has 1 atom stereocenters. The smallest absolute Gasteiger partial charge is 0.335 e. The van der Waals surface area contributed by atoms with Crippen molar-refractivity contribution in [2.24, 2.45) is 0 Å². The summed E-state index contributed by atoms with van der Waals surface area (Å²) >= 11 is 0. The van der Waals surface area contributed by atoms with Crippen molar-refractivity contribution in [1.82, 2.24) is 9.88 Å². The number of esters is 1. The second-order valence-electron chi connectivity index (χ2n) is 9.42. The maximum atomic E-state index is 13.5. The molecular formula is C29H30N2O6. The van der Waals surface area contributed by atoms with Gasteiger partial charge in [-0.1, -0.05) is 0 Å². The van der Waals surface area contributed by atoms with Gasteiger partial charge >= 0.3 is 5.97 Å². The number of nitrogens with zero attached hydrogens (tertiary/aromatic N) is 1. The number of aliphatic hydroxyl groups excluding tert-OH is 1. The lowest BCUT2D eigenvalue weighted by molar-refractivity contribution is -0.150. The van der Waals surface area contributed by atoms with Crippen LogP contribution in [-0.4, -0.2) is 60.2 Å². The number of aromatic amines is 1. The monoisotopic (exact) mass is 502 g/mol. The molecule has 1 unspecified atom stereocenters. The lowest BCUT2D eigenvalue weighted by atomic mass is 9.81. The molecule has 1 aliphatic carbocycles. The largest absolute Gasteiger partial charge is 0.497 e. The molecule has 0 radical (unpaired) electrons. The minimum atomic E-state index is -1.37. The van der Waals surface area contributed by atoms with E-state index in [1.54, 1.807) is 33.3 Å². The number of hydrogen-bond acceptors (Lipinski definition) is 7. The van der Waals surface area contributed by atoms with Crippen molar-refractivity contribution in [1.29, 1.82) is 0 Å². The minimum absolute atomic E-state index is 0.0422. The molecule has 2 heterocycles. The van der Waals surface area contributed by atoms with Gasteiger partial charge in [0.2, 0.25) is 0 Å². The summed E-state index contributed by atoms with van der Waals surface area (Å²) in [5, 5.41) is 11.4. The zero-order valence-electron chi connectivity index (χ0n) is 21.4. The highest BCUT2D eigenvalue weighted by molar-refractivity contribution is 6.09. The van der Waals surface area contributed by atoms with Crippen molar-refractivity contribution in [2.75, 3.05) is 27.9 Å². The standard InChI is InChI=1S/C29H30N2O6/c1-29(28(34)37-4)20(16-32)13-23-25(33)8-6-17-12-24-18(9-10-30-24)11-22(17)27(23)31(29)15-19-5-7-21(35-2)14-26(19)36-3/h5,7,9-14,30,32H,6,8,15-16H2,1-4H3. The lowest BCUT2D eigenvalue weighted by Gasteiger charge is -2.46.